The van der Waals surface area contributed by atoms with Gasteiger partial charge >= 0.3 is 18.1 Å². The van der Waals surface area contributed by atoms with Crippen LogP contribution in [0.5, 0.6) is 0 Å². The summed E-state index contributed by atoms with van der Waals surface area (Å²) < 4.78 is 74.4. The maximum atomic E-state index is 13.4. The van der Waals surface area contributed by atoms with Crippen molar-refractivity contribution in [3.05, 3.63) is 64.9 Å². The molecular weight excluding hydrogens is 562 g/mol. The quantitative estimate of drug-likeness (QED) is 0.316. The van der Waals surface area contributed by atoms with Gasteiger partial charge in [-0.1, -0.05) is 6.07 Å². The number of benzene rings is 1. The number of halogens is 4. The van der Waals surface area contributed by atoms with E-state index in [4.69, 9.17) is 9.90 Å². The molecular formula is C24H27F4N5O6S. The highest BCUT2D eigenvalue weighted by atomic mass is 32.2. The summed E-state index contributed by atoms with van der Waals surface area (Å²) in [5, 5.41) is 21.3. The predicted octanol–water partition coefficient (Wildman–Crippen LogP) is 3.87. The molecule has 2 aromatic heterocycles. The number of aliphatic carboxylic acids is 1. The predicted molar refractivity (Wildman–Crippen MR) is 136 cm³/mol. The fourth-order valence-corrected chi connectivity index (χ4v) is 4.68. The monoisotopic (exact) mass is 589 g/mol. The molecule has 0 unspecified atom stereocenters. The van der Waals surface area contributed by atoms with E-state index in [1.165, 1.54) is 24.4 Å². The van der Waals surface area contributed by atoms with Gasteiger partial charge in [0.05, 0.1) is 22.5 Å². The van der Waals surface area contributed by atoms with Gasteiger partial charge in [0.25, 0.3) is 10.0 Å². The Balaban J connectivity index is 0.000000708. The number of aryl methyl sites for hydroxylation is 2. The molecule has 0 bridgehead atoms. The first-order valence-electron chi connectivity index (χ1n) is 11.5. The van der Waals surface area contributed by atoms with Crippen molar-refractivity contribution in [2.24, 2.45) is 0 Å². The van der Waals surface area contributed by atoms with Gasteiger partial charge in [-0.25, -0.2) is 27.4 Å². The van der Waals surface area contributed by atoms with E-state index >= 15 is 0 Å². The van der Waals surface area contributed by atoms with Crippen molar-refractivity contribution in [3.63, 3.8) is 0 Å². The average molecular weight is 590 g/mol. The molecule has 16 heteroatoms. The molecule has 0 saturated heterocycles. The Morgan fingerprint density at radius 3 is 2.27 bits per heavy atom. The van der Waals surface area contributed by atoms with Crippen LogP contribution < -0.4 is 9.62 Å². The Labute approximate surface area is 227 Å². The zero-order valence-corrected chi connectivity index (χ0v) is 22.6. The number of sulfonamides is 1. The second-order valence-electron chi connectivity index (χ2n) is 8.40. The number of carboxylic acid groups (broad SMARTS) is 2. The average Bonchev–Trinajstić information content (AvgIpc) is 3.14. The van der Waals surface area contributed by atoms with Gasteiger partial charge in [-0.05, 0) is 57.0 Å². The van der Waals surface area contributed by atoms with Crippen LogP contribution in [0.1, 0.15) is 34.2 Å². The Hall–Kier alpha value is -4.21. The van der Waals surface area contributed by atoms with Crippen LogP contribution in [0.3, 0.4) is 0 Å². The molecule has 0 spiro atoms. The summed E-state index contributed by atoms with van der Waals surface area (Å²) in [6.45, 7) is 7.20. The van der Waals surface area contributed by atoms with Crippen LogP contribution in [0.25, 0.3) is 0 Å². The van der Waals surface area contributed by atoms with Gasteiger partial charge < -0.3 is 15.1 Å². The number of aromatic nitrogens is 3. The van der Waals surface area contributed by atoms with Crippen molar-refractivity contribution in [3.8, 4) is 0 Å². The number of likely N-dealkylation sites (N-methyl/N-ethyl adjacent to an activating group) is 1. The lowest BCUT2D eigenvalue weighted by atomic mass is 10.1. The van der Waals surface area contributed by atoms with E-state index in [-0.39, 0.29) is 22.0 Å². The summed E-state index contributed by atoms with van der Waals surface area (Å²) in [5.41, 5.74) is 2.90. The van der Waals surface area contributed by atoms with E-state index in [9.17, 15) is 35.9 Å². The molecule has 0 aliphatic rings. The third-order valence-corrected chi connectivity index (χ3v) is 6.97. The third-order valence-electron chi connectivity index (χ3n) is 5.59. The number of anilines is 2. The minimum atomic E-state index is -5.08. The number of aromatic carboxylic acids is 1. The molecule has 0 amide bonds. The van der Waals surface area contributed by atoms with Crippen LogP contribution in [0.4, 0.5) is 29.1 Å². The first-order valence-corrected chi connectivity index (χ1v) is 13.0. The van der Waals surface area contributed by atoms with Crippen molar-refractivity contribution >= 4 is 33.5 Å². The molecule has 3 rings (SSSR count). The fraction of sp³-hybridized carbons (Fsp3) is 0.333. The van der Waals surface area contributed by atoms with Crippen molar-refractivity contribution in [1.82, 2.24) is 14.8 Å². The van der Waals surface area contributed by atoms with Crippen molar-refractivity contribution in [2.45, 2.75) is 44.8 Å². The summed E-state index contributed by atoms with van der Waals surface area (Å²) in [6.07, 6.45) is -3.20. The molecule has 0 radical (unpaired) electrons. The van der Waals surface area contributed by atoms with Crippen LogP contribution >= 0.6 is 0 Å². The highest BCUT2D eigenvalue weighted by Gasteiger charge is 2.38. The molecule has 0 fully saturated rings. The Morgan fingerprint density at radius 2 is 1.77 bits per heavy atom. The number of pyridine rings is 1. The molecule has 0 aliphatic carbocycles. The van der Waals surface area contributed by atoms with Crippen molar-refractivity contribution in [1.29, 1.82) is 0 Å². The maximum absolute atomic E-state index is 13.4. The molecule has 40 heavy (non-hydrogen) atoms. The molecule has 0 atom stereocenters. The summed E-state index contributed by atoms with van der Waals surface area (Å²) >= 11 is 0. The van der Waals surface area contributed by atoms with E-state index in [2.05, 4.69) is 14.8 Å². The van der Waals surface area contributed by atoms with Crippen LogP contribution in [-0.2, 0) is 27.8 Å². The topological polar surface area (TPSA) is 155 Å². The summed E-state index contributed by atoms with van der Waals surface area (Å²) in [7, 11) is -2.39. The standard InChI is InChI=1S/C22H26FN5O4S.C2HF3O2/c1-5-28-15(3)19(14(2)25-28)9-10-27(4)21-20(22(29)30)12-17(13-24-21)26-33(31,32)18-8-6-7-16(23)11-18;3-2(4,5)1(6)7/h6-8,11-13,26H,5,9-10H2,1-4H3,(H,29,30);(H,6,7). The summed E-state index contributed by atoms with van der Waals surface area (Å²) in [6, 6.07) is 5.72. The first kappa shape index (κ1) is 32.0. The van der Waals surface area contributed by atoms with E-state index < -0.39 is 34.0 Å². The van der Waals surface area contributed by atoms with Crippen LogP contribution in [0, 0.1) is 19.7 Å². The number of nitrogens with one attached hydrogen (secondary N) is 1. The molecule has 3 N–H and O–H groups in total. The van der Waals surface area contributed by atoms with Crippen LogP contribution in [0.2, 0.25) is 0 Å². The van der Waals surface area contributed by atoms with Gasteiger partial charge in [0.2, 0.25) is 0 Å². The van der Waals surface area contributed by atoms with Gasteiger partial charge in [0.15, 0.2) is 0 Å². The molecule has 0 aliphatic heterocycles. The lowest BCUT2D eigenvalue weighted by Gasteiger charge is -2.21. The zero-order valence-electron chi connectivity index (χ0n) is 21.8. The summed E-state index contributed by atoms with van der Waals surface area (Å²) in [5.74, 6) is -4.50. The Morgan fingerprint density at radius 1 is 1.15 bits per heavy atom. The molecule has 0 saturated carbocycles. The third kappa shape index (κ3) is 8.14. The number of carbonyl (C=O) groups is 2. The van der Waals surface area contributed by atoms with Gasteiger partial charge in [-0.15, -0.1) is 0 Å². The SMILES string of the molecule is CCn1nc(C)c(CCN(C)c2ncc(NS(=O)(=O)c3cccc(F)c3)cc2C(=O)O)c1C.O=C(O)C(F)(F)F. The number of alkyl halides is 3. The van der Waals surface area contributed by atoms with Gasteiger partial charge in [-0.2, -0.15) is 18.3 Å². The van der Waals surface area contributed by atoms with Gasteiger partial charge in [0, 0.05) is 25.8 Å². The number of rotatable bonds is 9. The Bertz CT molecular complexity index is 1490. The van der Waals surface area contributed by atoms with Crippen LogP contribution in [-0.4, -0.2) is 65.1 Å². The van der Waals surface area contributed by atoms with Gasteiger partial charge in [-0.3, -0.25) is 9.40 Å². The number of carboxylic acids is 2. The Kier molecular flexibility index (Phi) is 10.2. The normalized spacial score (nSPS) is 11.4. The summed E-state index contributed by atoms with van der Waals surface area (Å²) in [4.78, 5) is 26.4. The zero-order chi connectivity index (χ0) is 30.4. The lowest BCUT2D eigenvalue weighted by molar-refractivity contribution is -0.192. The minimum Gasteiger partial charge on any atom is -0.478 e. The van der Waals surface area contributed by atoms with E-state index in [1.54, 1.807) is 11.9 Å². The molecule has 1 aromatic carbocycles. The maximum Gasteiger partial charge on any atom is 0.490 e. The number of nitrogens with zero attached hydrogens (tertiary/aromatic N) is 4. The fourth-order valence-electron chi connectivity index (χ4n) is 3.61. The van der Waals surface area contributed by atoms with Gasteiger partial charge in [0.1, 0.15) is 17.2 Å². The van der Waals surface area contributed by atoms with E-state index in [1.807, 2.05) is 25.5 Å². The lowest BCUT2D eigenvalue weighted by Crippen LogP contribution is -2.24. The minimum absolute atomic E-state index is 0.0373. The first-order chi connectivity index (χ1) is 18.5. The molecule has 218 valence electrons. The van der Waals surface area contributed by atoms with E-state index in [0.29, 0.717) is 13.0 Å². The van der Waals surface area contributed by atoms with Crippen molar-refractivity contribution < 1.29 is 45.8 Å². The van der Waals surface area contributed by atoms with E-state index in [0.717, 1.165) is 35.6 Å². The largest absolute Gasteiger partial charge is 0.490 e. The van der Waals surface area contributed by atoms with Crippen molar-refractivity contribution in [2.75, 3.05) is 23.2 Å². The van der Waals surface area contributed by atoms with Crippen LogP contribution in [0.15, 0.2) is 41.4 Å². The highest BCUT2D eigenvalue weighted by molar-refractivity contribution is 7.92. The molecule has 2 heterocycles. The highest BCUT2D eigenvalue weighted by Crippen LogP contribution is 2.24. The molecule has 11 nitrogen and oxygen atoms in total. The number of hydrogen-bond donors (Lipinski definition) is 3. The number of hydrogen-bond acceptors (Lipinski definition) is 7. The second-order valence-corrected chi connectivity index (χ2v) is 10.1. The smallest absolute Gasteiger partial charge is 0.478 e. The second kappa shape index (κ2) is 12.8. The molecule has 3 aromatic rings.